The maximum absolute atomic E-state index is 5.93. The molecule has 0 aliphatic carbocycles. The van der Waals surface area contributed by atoms with Gasteiger partial charge in [0.1, 0.15) is 11.0 Å². The highest BCUT2D eigenvalue weighted by Gasteiger charge is 2.03. The number of aromatic nitrogens is 2. The van der Waals surface area contributed by atoms with Crippen LogP contribution < -0.4 is 5.32 Å². The molecule has 2 aromatic rings. The maximum Gasteiger partial charge on any atom is 0.190 e. The zero-order valence-corrected chi connectivity index (χ0v) is 12.4. The fourth-order valence-corrected chi connectivity index (χ4v) is 2.40. The summed E-state index contributed by atoms with van der Waals surface area (Å²) in [6, 6.07) is 9.86. The molecule has 0 amide bonds. The van der Waals surface area contributed by atoms with E-state index in [0.717, 1.165) is 5.69 Å². The normalized spacial score (nSPS) is 10.4. The van der Waals surface area contributed by atoms with Crippen LogP contribution in [-0.4, -0.2) is 22.5 Å². The first-order valence-corrected chi connectivity index (χ1v) is 8.03. The van der Waals surface area contributed by atoms with E-state index in [4.69, 9.17) is 11.6 Å². The number of benzene rings is 1. The third kappa shape index (κ3) is 3.54. The van der Waals surface area contributed by atoms with Gasteiger partial charge in [0, 0.05) is 16.6 Å². The van der Waals surface area contributed by atoms with Crippen LogP contribution >= 0.6 is 35.1 Å². The number of thioether (sulfide) groups is 2. The molecule has 0 atom stereocenters. The summed E-state index contributed by atoms with van der Waals surface area (Å²) in [5, 5.41) is 4.31. The van der Waals surface area contributed by atoms with Gasteiger partial charge in [0.15, 0.2) is 5.16 Å². The zero-order valence-electron chi connectivity index (χ0n) is 9.98. The lowest BCUT2D eigenvalue weighted by Gasteiger charge is -2.07. The Labute approximate surface area is 120 Å². The fourth-order valence-electron chi connectivity index (χ4n) is 1.37. The van der Waals surface area contributed by atoms with E-state index in [9.17, 15) is 0 Å². The van der Waals surface area contributed by atoms with E-state index < -0.39 is 0 Å². The van der Waals surface area contributed by atoms with Crippen molar-refractivity contribution in [2.24, 2.45) is 0 Å². The highest BCUT2D eigenvalue weighted by Crippen LogP contribution is 2.22. The summed E-state index contributed by atoms with van der Waals surface area (Å²) in [6.45, 7) is 0. The molecule has 6 heteroatoms. The van der Waals surface area contributed by atoms with Crippen LogP contribution in [0.25, 0.3) is 0 Å². The lowest BCUT2D eigenvalue weighted by atomic mass is 10.3. The molecular weight excluding hydrogens is 286 g/mol. The van der Waals surface area contributed by atoms with Crippen molar-refractivity contribution in [3.63, 3.8) is 0 Å². The molecule has 0 saturated heterocycles. The maximum atomic E-state index is 5.93. The first-order chi connectivity index (χ1) is 8.71. The molecule has 0 bridgehead atoms. The van der Waals surface area contributed by atoms with Crippen molar-refractivity contribution in [3.05, 3.63) is 35.5 Å². The van der Waals surface area contributed by atoms with E-state index in [2.05, 4.69) is 33.7 Å². The number of hydrogen-bond donors (Lipinski definition) is 1. The predicted molar refractivity (Wildman–Crippen MR) is 80.3 cm³/mol. The second kappa shape index (κ2) is 6.31. The van der Waals surface area contributed by atoms with Gasteiger partial charge in [-0.1, -0.05) is 23.4 Å². The van der Waals surface area contributed by atoms with Crippen LogP contribution in [-0.2, 0) is 0 Å². The van der Waals surface area contributed by atoms with Gasteiger partial charge in [-0.2, -0.15) is 0 Å². The SMILES string of the molecule is CSc1ccc(Nc2cc(Cl)nc(SC)n2)cc1. The first kappa shape index (κ1) is 13.5. The minimum absolute atomic E-state index is 0.442. The molecule has 0 unspecified atom stereocenters. The Balaban J connectivity index is 2.19. The van der Waals surface area contributed by atoms with Crippen LogP contribution in [0.3, 0.4) is 0 Å². The molecule has 3 nitrogen and oxygen atoms in total. The van der Waals surface area contributed by atoms with E-state index >= 15 is 0 Å². The fraction of sp³-hybridized carbons (Fsp3) is 0.167. The highest BCUT2D eigenvalue weighted by atomic mass is 35.5. The molecule has 0 saturated carbocycles. The standard InChI is InChI=1S/C12H12ClN3S2/c1-17-9-5-3-8(4-6-9)14-11-7-10(13)15-12(16-11)18-2/h3-7H,1-2H3,(H,14,15,16). The van der Waals surface area contributed by atoms with Gasteiger partial charge in [-0.25, -0.2) is 9.97 Å². The second-order valence-corrected chi connectivity index (χ2v) is 5.46. The Hall–Kier alpha value is -0.910. The van der Waals surface area contributed by atoms with Gasteiger partial charge in [0.05, 0.1) is 0 Å². The lowest BCUT2D eigenvalue weighted by Crippen LogP contribution is -1.96. The monoisotopic (exact) mass is 297 g/mol. The zero-order chi connectivity index (χ0) is 13.0. The van der Waals surface area contributed by atoms with Crippen LogP contribution in [0.4, 0.5) is 11.5 Å². The van der Waals surface area contributed by atoms with Crippen molar-refractivity contribution in [3.8, 4) is 0 Å². The summed E-state index contributed by atoms with van der Waals surface area (Å²) in [4.78, 5) is 9.66. The Kier molecular flexibility index (Phi) is 4.74. The molecule has 0 aliphatic heterocycles. The van der Waals surface area contributed by atoms with E-state index in [-0.39, 0.29) is 0 Å². The van der Waals surface area contributed by atoms with Crippen LogP contribution in [0.15, 0.2) is 40.4 Å². The lowest BCUT2D eigenvalue weighted by molar-refractivity contribution is 0.976. The van der Waals surface area contributed by atoms with Crippen LogP contribution in [0.2, 0.25) is 5.15 Å². The quantitative estimate of drug-likeness (QED) is 0.517. The molecule has 0 aliphatic rings. The third-order valence-electron chi connectivity index (χ3n) is 2.22. The molecule has 2 rings (SSSR count). The number of nitrogens with one attached hydrogen (secondary N) is 1. The summed E-state index contributed by atoms with van der Waals surface area (Å²) < 4.78 is 0. The largest absolute Gasteiger partial charge is 0.340 e. The molecule has 1 N–H and O–H groups in total. The molecule has 1 aromatic heterocycles. The van der Waals surface area contributed by atoms with Gasteiger partial charge in [0.2, 0.25) is 0 Å². The Morgan fingerprint density at radius 3 is 2.39 bits per heavy atom. The van der Waals surface area contributed by atoms with Crippen molar-refractivity contribution in [1.29, 1.82) is 0 Å². The van der Waals surface area contributed by atoms with Gasteiger partial charge < -0.3 is 5.32 Å². The van der Waals surface area contributed by atoms with E-state index in [1.165, 1.54) is 16.7 Å². The number of halogens is 1. The summed E-state index contributed by atoms with van der Waals surface area (Å²) >= 11 is 9.11. The summed E-state index contributed by atoms with van der Waals surface area (Å²) in [5.41, 5.74) is 0.981. The highest BCUT2D eigenvalue weighted by molar-refractivity contribution is 7.98. The Morgan fingerprint density at radius 2 is 1.78 bits per heavy atom. The van der Waals surface area contributed by atoms with E-state index in [0.29, 0.717) is 16.1 Å². The number of nitrogens with zero attached hydrogens (tertiary/aromatic N) is 2. The minimum Gasteiger partial charge on any atom is -0.340 e. The number of hydrogen-bond acceptors (Lipinski definition) is 5. The van der Waals surface area contributed by atoms with Crippen molar-refractivity contribution >= 4 is 46.6 Å². The smallest absolute Gasteiger partial charge is 0.190 e. The molecule has 18 heavy (non-hydrogen) atoms. The molecule has 0 fully saturated rings. The molecule has 94 valence electrons. The topological polar surface area (TPSA) is 37.8 Å². The van der Waals surface area contributed by atoms with Gasteiger partial charge in [-0.15, -0.1) is 11.8 Å². The predicted octanol–water partition coefficient (Wildman–Crippen LogP) is 4.32. The third-order valence-corrected chi connectivity index (χ3v) is 3.70. The van der Waals surface area contributed by atoms with Crippen LogP contribution in [0.1, 0.15) is 0 Å². The first-order valence-electron chi connectivity index (χ1n) is 5.21. The summed E-state index contributed by atoms with van der Waals surface area (Å²) in [7, 11) is 0. The molecule has 0 radical (unpaired) electrons. The van der Waals surface area contributed by atoms with Gasteiger partial charge in [-0.05, 0) is 36.8 Å². The van der Waals surface area contributed by atoms with E-state index in [1.54, 1.807) is 17.8 Å². The summed E-state index contributed by atoms with van der Waals surface area (Å²) in [5.74, 6) is 0.705. The van der Waals surface area contributed by atoms with Gasteiger partial charge >= 0.3 is 0 Å². The van der Waals surface area contributed by atoms with Gasteiger partial charge in [0.25, 0.3) is 0 Å². The average Bonchev–Trinajstić information content (AvgIpc) is 2.39. The average molecular weight is 298 g/mol. The molecular formula is C12H12ClN3S2. The van der Waals surface area contributed by atoms with Crippen LogP contribution in [0, 0.1) is 0 Å². The van der Waals surface area contributed by atoms with Crippen LogP contribution in [0.5, 0.6) is 0 Å². The minimum atomic E-state index is 0.442. The van der Waals surface area contributed by atoms with Crippen molar-refractivity contribution in [2.45, 2.75) is 10.1 Å². The number of anilines is 2. The Bertz CT molecular complexity index is 531. The Morgan fingerprint density at radius 1 is 1.06 bits per heavy atom. The number of rotatable bonds is 4. The molecule has 0 spiro atoms. The summed E-state index contributed by atoms with van der Waals surface area (Å²) in [6.07, 6.45) is 3.97. The van der Waals surface area contributed by atoms with Crippen molar-refractivity contribution in [1.82, 2.24) is 9.97 Å². The van der Waals surface area contributed by atoms with Crippen molar-refractivity contribution < 1.29 is 0 Å². The van der Waals surface area contributed by atoms with E-state index in [1.807, 2.05) is 18.4 Å². The molecule has 1 heterocycles. The van der Waals surface area contributed by atoms with Crippen molar-refractivity contribution in [2.75, 3.05) is 17.8 Å². The molecule has 1 aromatic carbocycles. The second-order valence-electron chi connectivity index (χ2n) is 3.42. The van der Waals surface area contributed by atoms with Gasteiger partial charge in [-0.3, -0.25) is 0 Å².